The lowest BCUT2D eigenvalue weighted by Gasteiger charge is -2.15. The Balaban J connectivity index is 1.74. The molecule has 3 aromatic rings. The van der Waals surface area contributed by atoms with Crippen LogP contribution in [-0.4, -0.2) is 32.3 Å². The molecule has 2 aromatic heterocycles. The number of carbonyl (C=O) groups is 2. The quantitative estimate of drug-likeness (QED) is 0.491. The number of carboxylic acids is 1. The third-order valence-corrected chi connectivity index (χ3v) is 3.37. The Hall–Kier alpha value is -3.62. The van der Waals surface area contributed by atoms with Crippen molar-refractivity contribution in [3.63, 3.8) is 0 Å². The van der Waals surface area contributed by atoms with Crippen LogP contribution >= 0.6 is 0 Å². The SMILES string of the molecule is Nc1n[nH]c2cc(NC(=O)N[C@H](C(=O)O)c3ccccc3)ncc12. The third kappa shape index (κ3) is 3.09. The minimum Gasteiger partial charge on any atom is -0.479 e. The predicted molar refractivity (Wildman–Crippen MR) is 87.3 cm³/mol. The van der Waals surface area contributed by atoms with Gasteiger partial charge in [-0.05, 0) is 5.56 Å². The van der Waals surface area contributed by atoms with Crippen LogP contribution in [0.3, 0.4) is 0 Å². The van der Waals surface area contributed by atoms with Crippen LogP contribution < -0.4 is 16.4 Å². The Bertz CT molecular complexity index is 893. The van der Waals surface area contributed by atoms with Crippen LogP contribution in [0.15, 0.2) is 42.6 Å². The van der Waals surface area contributed by atoms with Crippen molar-refractivity contribution in [3.8, 4) is 0 Å². The summed E-state index contributed by atoms with van der Waals surface area (Å²) < 4.78 is 0. The maximum absolute atomic E-state index is 12.1. The summed E-state index contributed by atoms with van der Waals surface area (Å²) in [6.07, 6.45) is 1.47. The molecule has 1 aromatic carbocycles. The number of urea groups is 1. The van der Waals surface area contributed by atoms with Gasteiger partial charge in [0.25, 0.3) is 0 Å². The number of fused-ring (bicyclic) bond motifs is 1. The lowest BCUT2D eigenvalue weighted by atomic mass is 10.1. The Kier molecular flexibility index (Phi) is 3.98. The van der Waals surface area contributed by atoms with Crippen LogP contribution in [0.25, 0.3) is 10.9 Å². The van der Waals surface area contributed by atoms with Crippen molar-refractivity contribution in [1.82, 2.24) is 20.5 Å². The standard InChI is InChI=1S/C15H14N6O3/c16-13-9-7-17-11(6-10(9)20-21-13)18-15(24)19-12(14(22)23)8-4-2-1-3-5-8/h1-7,12H,(H,22,23)(H3,16,20,21)(H2,17,18,19,24)/t12-/m0/s1. The smallest absolute Gasteiger partial charge is 0.330 e. The number of pyridine rings is 1. The van der Waals surface area contributed by atoms with Crippen molar-refractivity contribution in [1.29, 1.82) is 0 Å². The van der Waals surface area contributed by atoms with Crippen molar-refractivity contribution in [2.75, 3.05) is 11.1 Å². The monoisotopic (exact) mass is 326 g/mol. The molecule has 0 unspecified atom stereocenters. The molecular weight excluding hydrogens is 312 g/mol. The van der Waals surface area contributed by atoms with E-state index in [2.05, 4.69) is 25.8 Å². The molecule has 122 valence electrons. The van der Waals surface area contributed by atoms with Gasteiger partial charge in [-0.15, -0.1) is 0 Å². The van der Waals surface area contributed by atoms with Gasteiger partial charge in [0.05, 0.1) is 10.9 Å². The molecule has 9 heteroatoms. The second-order valence-electron chi connectivity index (χ2n) is 5.00. The number of hydrogen-bond acceptors (Lipinski definition) is 5. The summed E-state index contributed by atoms with van der Waals surface area (Å²) in [7, 11) is 0. The summed E-state index contributed by atoms with van der Waals surface area (Å²) in [6.45, 7) is 0. The molecule has 0 aliphatic rings. The fourth-order valence-corrected chi connectivity index (χ4v) is 2.22. The van der Waals surface area contributed by atoms with Gasteiger partial charge in [-0.1, -0.05) is 30.3 Å². The van der Waals surface area contributed by atoms with Crippen molar-refractivity contribution < 1.29 is 14.7 Å². The Morgan fingerprint density at radius 3 is 2.71 bits per heavy atom. The van der Waals surface area contributed by atoms with Gasteiger partial charge < -0.3 is 16.2 Å². The Morgan fingerprint density at radius 1 is 1.25 bits per heavy atom. The summed E-state index contributed by atoms with van der Waals surface area (Å²) >= 11 is 0. The molecular formula is C15H14N6O3. The fraction of sp³-hybridized carbons (Fsp3) is 0.0667. The topological polar surface area (TPSA) is 146 Å². The second-order valence-corrected chi connectivity index (χ2v) is 5.00. The van der Waals surface area contributed by atoms with E-state index < -0.39 is 18.0 Å². The van der Waals surface area contributed by atoms with Gasteiger partial charge in [-0.3, -0.25) is 10.4 Å². The number of amides is 2. The molecule has 0 aliphatic heterocycles. The highest BCUT2D eigenvalue weighted by Gasteiger charge is 2.22. The lowest BCUT2D eigenvalue weighted by Crippen LogP contribution is -2.36. The first-order valence-electron chi connectivity index (χ1n) is 6.99. The molecule has 0 aliphatic carbocycles. The minimum absolute atomic E-state index is 0.237. The molecule has 3 rings (SSSR count). The zero-order valence-electron chi connectivity index (χ0n) is 12.4. The molecule has 0 spiro atoms. The number of aliphatic carboxylic acids is 1. The highest BCUT2D eigenvalue weighted by Crippen LogP contribution is 2.19. The van der Waals surface area contributed by atoms with Gasteiger partial charge in [-0.2, -0.15) is 5.10 Å². The van der Waals surface area contributed by atoms with Crippen LogP contribution in [-0.2, 0) is 4.79 Å². The number of carboxylic acid groups (broad SMARTS) is 1. The van der Waals surface area contributed by atoms with E-state index in [-0.39, 0.29) is 5.82 Å². The number of nitrogen functional groups attached to an aromatic ring is 1. The number of carbonyl (C=O) groups excluding carboxylic acids is 1. The van der Waals surface area contributed by atoms with E-state index in [1.165, 1.54) is 6.20 Å². The average Bonchev–Trinajstić information content (AvgIpc) is 2.94. The van der Waals surface area contributed by atoms with Gasteiger partial charge in [0.15, 0.2) is 11.9 Å². The van der Waals surface area contributed by atoms with Crippen LogP contribution in [0.4, 0.5) is 16.4 Å². The average molecular weight is 326 g/mol. The number of rotatable bonds is 4. The summed E-state index contributed by atoms with van der Waals surface area (Å²) in [5.41, 5.74) is 6.71. The van der Waals surface area contributed by atoms with Crippen molar-refractivity contribution in [2.45, 2.75) is 6.04 Å². The van der Waals surface area contributed by atoms with Crippen LogP contribution in [0.1, 0.15) is 11.6 Å². The maximum atomic E-state index is 12.1. The van der Waals surface area contributed by atoms with Gasteiger partial charge in [0.2, 0.25) is 0 Å². The van der Waals surface area contributed by atoms with Crippen molar-refractivity contribution in [3.05, 3.63) is 48.2 Å². The van der Waals surface area contributed by atoms with E-state index in [1.54, 1.807) is 36.4 Å². The number of anilines is 2. The van der Waals surface area contributed by atoms with E-state index in [0.29, 0.717) is 22.3 Å². The zero-order valence-corrected chi connectivity index (χ0v) is 12.4. The number of nitrogens with two attached hydrogens (primary N) is 1. The lowest BCUT2D eigenvalue weighted by molar-refractivity contribution is -0.139. The van der Waals surface area contributed by atoms with E-state index in [4.69, 9.17) is 5.73 Å². The molecule has 0 bridgehead atoms. The maximum Gasteiger partial charge on any atom is 0.330 e. The molecule has 0 saturated heterocycles. The summed E-state index contributed by atoms with van der Waals surface area (Å²) in [5, 5.41) is 21.4. The third-order valence-electron chi connectivity index (χ3n) is 3.37. The number of benzene rings is 1. The molecule has 24 heavy (non-hydrogen) atoms. The first-order valence-corrected chi connectivity index (χ1v) is 6.99. The van der Waals surface area contributed by atoms with Gasteiger partial charge in [0.1, 0.15) is 5.82 Å². The summed E-state index contributed by atoms with van der Waals surface area (Å²) in [6, 6.07) is 8.09. The van der Waals surface area contributed by atoms with Gasteiger partial charge >= 0.3 is 12.0 Å². The van der Waals surface area contributed by atoms with E-state index in [9.17, 15) is 14.7 Å². The predicted octanol–water partition coefficient (Wildman–Crippen LogP) is 1.49. The zero-order chi connectivity index (χ0) is 17.1. The van der Waals surface area contributed by atoms with Crippen LogP contribution in [0, 0.1) is 0 Å². The number of nitrogens with one attached hydrogen (secondary N) is 3. The number of aromatic nitrogens is 3. The summed E-state index contributed by atoms with van der Waals surface area (Å²) in [5.74, 6) is -0.620. The highest BCUT2D eigenvalue weighted by atomic mass is 16.4. The molecule has 0 radical (unpaired) electrons. The Labute approximate surface area is 135 Å². The van der Waals surface area contributed by atoms with Crippen molar-refractivity contribution >= 4 is 34.5 Å². The van der Waals surface area contributed by atoms with Crippen molar-refractivity contribution in [2.24, 2.45) is 0 Å². The van der Waals surface area contributed by atoms with Gasteiger partial charge in [0, 0.05) is 12.3 Å². The minimum atomic E-state index is -1.17. The Morgan fingerprint density at radius 2 is 2.00 bits per heavy atom. The number of hydrogen-bond donors (Lipinski definition) is 5. The first-order chi connectivity index (χ1) is 11.5. The molecule has 0 saturated carbocycles. The van der Waals surface area contributed by atoms with E-state index in [0.717, 1.165) is 0 Å². The first kappa shape index (κ1) is 15.3. The van der Waals surface area contributed by atoms with Crippen LogP contribution in [0.5, 0.6) is 0 Å². The van der Waals surface area contributed by atoms with E-state index in [1.807, 2.05) is 0 Å². The molecule has 2 heterocycles. The normalized spacial score (nSPS) is 11.8. The summed E-state index contributed by atoms with van der Waals surface area (Å²) in [4.78, 5) is 27.5. The molecule has 6 N–H and O–H groups in total. The van der Waals surface area contributed by atoms with E-state index >= 15 is 0 Å². The van der Waals surface area contributed by atoms with Crippen LogP contribution in [0.2, 0.25) is 0 Å². The van der Waals surface area contributed by atoms with Gasteiger partial charge in [-0.25, -0.2) is 14.6 Å². The molecule has 9 nitrogen and oxygen atoms in total. The molecule has 1 atom stereocenters. The number of aromatic amines is 1. The molecule has 0 fully saturated rings. The molecule has 2 amide bonds. The second kappa shape index (κ2) is 6.24. The number of H-pyrrole nitrogens is 1. The largest absolute Gasteiger partial charge is 0.479 e. The fourth-order valence-electron chi connectivity index (χ4n) is 2.22. The highest BCUT2D eigenvalue weighted by molar-refractivity contribution is 5.95. The number of nitrogens with zero attached hydrogens (tertiary/aromatic N) is 2.